The maximum absolute atomic E-state index is 11.9. The van der Waals surface area contributed by atoms with E-state index in [-0.39, 0.29) is 6.61 Å². The van der Waals surface area contributed by atoms with Crippen molar-refractivity contribution >= 4 is 0 Å². The van der Waals surface area contributed by atoms with Crippen LogP contribution in [0.5, 0.6) is 0 Å². The molecule has 0 radical (unpaired) electrons. The third-order valence-electron chi connectivity index (χ3n) is 3.41. The number of hydrogen-bond acceptors (Lipinski definition) is 3. The lowest BCUT2D eigenvalue weighted by Crippen LogP contribution is -2.52. The summed E-state index contributed by atoms with van der Waals surface area (Å²) in [5.41, 5.74) is 0. The second-order valence-electron chi connectivity index (χ2n) is 4.74. The van der Waals surface area contributed by atoms with Crippen LogP contribution in [-0.4, -0.2) is 49.6 Å². The SMILES string of the molecule is CCNC(C)C1CCCCN1CCOC(F)(F)F. The molecule has 0 bridgehead atoms. The van der Waals surface area contributed by atoms with E-state index >= 15 is 0 Å². The molecular weight excluding hydrogens is 245 g/mol. The third kappa shape index (κ3) is 5.54. The predicted molar refractivity (Wildman–Crippen MR) is 64.4 cm³/mol. The molecule has 0 aromatic carbocycles. The van der Waals surface area contributed by atoms with Crippen molar-refractivity contribution in [2.24, 2.45) is 0 Å². The fourth-order valence-corrected chi connectivity index (χ4v) is 2.60. The highest BCUT2D eigenvalue weighted by Crippen LogP contribution is 2.21. The summed E-state index contributed by atoms with van der Waals surface area (Å²) in [6.07, 6.45) is -1.27. The monoisotopic (exact) mass is 268 g/mol. The molecule has 1 aliphatic rings. The number of rotatable bonds is 6. The topological polar surface area (TPSA) is 24.5 Å². The van der Waals surface area contributed by atoms with Gasteiger partial charge in [0.05, 0.1) is 6.61 Å². The molecular formula is C12H23F3N2O. The molecule has 1 rings (SSSR count). The van der Waals surface area contributed by atoms with Gasteiger partial charge in [0, 0.05) is 18.6 Å². The van der Waals surface area contributed by atoms with Crippen LogP contribution in [0.2, 0.25) is 0 Å². The van der Waals surface area contributed by atoms with Crippen LogP contribution in [0.1, 0.15) is 33.1 Å². The van der Waals surface area contributed by atoms with Gasteiger partial charge in [-0.25, -0.2) is 0 Å². The van der Waals surface area contributed by atoms with E-state index in [1.807, 2.05) is 6.92 Å². The molecule has 2 unspecified atom stereocenters. The van der Waals surface area contributed by atoms with Crippen LogP contribution in [0.15, 0.2) is 0 Å². The van der Waals surface area contributed by atoms with Crippen molar-refractivity contribution < 1.29 is 17.9 Å². The summed E-state index contributed by atoms with van der Waals surface area (Å²) in [5.74, 6) is 0. The molecule has 1 aliphatic heterocycles. The minimum Gasteiger partial charge on any atom is -0.313 e. The summed E-state index contributed by atoms with van der Waals surface area (Å²) in [6, 6.07) is 0.622. The lowest BCUT2D eigenvalue weighted by atomic mass is 9.96. The zero-order valence-electron chi connectivity index (χ0n) is 11.1. The van der Waals surface area contributed by atoms with Gasteiger partial charge in [-0.15, -0.1) is 13.2 Å². The molecule has 1 heterocycles. The molecule has 1 N–H and O–H groups in total. The lowest BCUT2D eigenvalue weighted by molar-refractivity contribution is -0.325. The summed E-state index contributed by atoms with van der Waals surface area (Å²) in [5, 5.41) is 3.35. The largest absolute Gasteiger partial charge is 0.522 e. The Hall–Kier alpha value is -0.330. The Morgan fingerprint density at radius 3 is 2.72 bits per heavy atom. The van der Waals surface area contributed by atoms with E-state index in [9.17, 15) is 13.2 Å². The molecule has 18 heavy (non-hydrogen) atoms. The van der Waals surface area contributed by atoms with Crippen molar-refractivity contribution in [1.82, 2.24) is 10.2 Å². The number of hydrogen-bond donors (Lipinski definition) is 1. The van der Waals surface area contributed by atoms with Gasteiger partial charge in [-0.3, -0.25) is 9.64 Å². The first-order valence-electron chi connectivity index (χ1n) is 6.62. The number of nitrogens with one attached hydrogen (secondary N) is 1. The van der Waals surface area contributed by atoms with Crippen LogP contribution in [0.4, 0.5) is 13.2 Å². The van der Waals surface area contributed by atoms with Gasteiger partial charge < -0.3 is 5.32 Å². The zero-order valence-corrected chi connectivity index (χ0v) is 11.1. The van der Waals surface area contributed by atoms with E-state index in [2.05, 4.69) is 21.9 Å². The third-order valence-corrected chi connectivity index (χ3v) is 3.41. The van der Waals surface area contributed by atoms with Crippen LogP contribution < -0.4 is 5.32 Å². The van der Waals surface area contributed by atoms with Crippen LogP contribution in [0, 0.1) is 0 Å². The predicted octanol–water partition coefficient (Wildman–Crippen LogP) is 2.38. The van der Waals surface area contributed by atoms with Crippen LogP contribution in [0.3, 0.4) is 0 Å². The molecule has 0 aromatic heterocycles. The van der Waals surface area contributed by atoms with E-state index < -0.39 is 6.36 Å². The van der Waals surface area contributed by atoms with E-state index in [0.29, 0.717) is 18.6 Å². The van der Waals surface area contributed by atoms with E-state index in [1.54, 1.807) is 0 Å². The minimum absolute atomic E-state index is 0.279. The number of ether oxygens (including phenoxy) is 1. The van der Waals surface area contributed by atoms with E-state index in [1.165, 1.54) is 0 Å². The number of likely N-dealkylation sites (tertiary alicyclic amines) is 1. The molecule has 108 valence electrons. The summed E-state index contributed by atoms with van der Waals surface area (Å²) in [4.78, 5) is 2.11. The Kier molecular flexibility index (Phi) is 6.38. The number of piperidine rings is 1. The molecule has 0 saturated carbocycles. The molecule has 0 spiro atoms. The highest BCUT2D eigenvalue weighted by Gasteiger charge is 2.31. The highest BCUT2D eigenvalue weighted by molar-refractivity contribution is 4.84. The lowest BCUT2D eigenvalue weighted by Gasteiger charge is -2.39. The molecule has 1 saturated heterocycles. The second kappa shape index (κ2) is 7.31. The van der Waals surface area contributed by atoms with Crippen molar-refractivity contribution in [3.05, 3.63) is 0 Å². The smallest absolute Gasteiger partial charge is 0.313 e. The van der Waals surface area contributed by atoms with Gasteiger partial charge in [-0.1, -0.05) is 13.3 Å². The molecule has 0 aliphatic carbocycles. The first kappa shape index (κ1) is 15.7. The molecule has 2 atom stereocenters. The number of alkyl halides is 3. The molecule has 1 fully saturated rings. The number of halogens is 3. The van der Waals surface area contributed by atoms with E-state index in [0.717, 1.165) is 32.4 Å². The Bertz CT molecular complexity index is 236. The maximum atomic E-state index is 11.9. The number of nitrogens with zero attached hydrogens (tertiary/aromatic N) is 1. The van der Waals surface area contributed by atoms with Crippen LogP contribution in [-0.2, 0) is 4.74 Å². The summed E-state index contributed by atoms with van der Waals surface area (Å²) < 4.78 is 39.7. The van der Waals surface area contributed by atoms with E-state index in [4.69, 9.17) is 0 Å². The van der Waals surface area contributed by atoms with Crippen molar-refractivity contribution in [3.63, 3.8) is 0 Å². The van der Waals surface area contributed by atoms with Gasteiger partial charge in [0.2, 0.25) is 0 Å². The summed E-state index contributed by atoms with van der Waals surface area (Å²) in [6.45, 7) is 5.94. The zero-order chi connectivity index (χ0) is 13.6. The van der Waals surface area contributed by atoms with Crippen LogP contribution >= 0.6 is 0 Å². The summed E-state index contributed by atoms with van der Waals surface area (Å²) in [7, 11) is 0. The molecule has 0 aromatic rings. The Morgan fingerprint density at radius 2 is 2.11 bits per heavy atom. The van der Waals surface area contributed by atoms with Crippen molar-refractivity contribution in [2.45, 2.75) is 51.6 Å². The van der Waals surface area contributed by atoms with Crippen LogP contribution in [0.25, 0.3) is 0 Å². The standard InChI is InChI=1S/C12H23F3N2O/c1-3-16-10(2)11-6-4-5-7-17(11)8-9-18-12(13,14)15/h10-11,16H,3-9H2,1-2H3. The fraction of sp³-hybridized carbons (Fsp3) is 1.00. The van der Waals surface area contributed by atoms with Gasteiger partial charge in [-0.05, 0) is 32.9 Å². The molecule has 6 heteroatoms. The number of likely N-dealkylation sites (N-methyl/N-ethyl adjacent to an activating group) is 1. The van der Waals surface area contributed by atoms with Gasteiger partial charge in [0.1, 0.15) is 0 Å². The Balaban J connectivity index is 2.39. The van der Waals surface area contributed by atoms with Gasteiger partial charge in [0.25, 0.3) is 0 Å². The van der Waals surface area contributed by atoms with Crippen molar-refractivity contribution in [1.29, 1.82) is 0 Å². The minimum atomic E-state index is -4.52. The van der Waals surface area contributed by atoms with Gasteiger partial charge >= 0.3 is 6.36 Å². The fourth-order valence-electron chi connectivity index (χ4n) is 2.60. The van der Waals surface area contributed by atoms with Gasteiger partial charge in [-0.2, -0.15) is 0 Å². The first-order chi connectivity index (χ1) is 8.44. The highest BCUT2D eigenvalue weighted by atomic mass is 19.4. The Labute approximate surface area is 107 Å². The molecule has 3 nitrogen and oxygen atoms in total. The quantitative estimate of drug-likeness (QED) is 0.800. The normalized spacial score (nSPS) is 24.2. The molecule has 0 amide bonds. The van der Waals surface area contributed by atoms with Crippen molar-refractivity contribution in [2.75, 3.05) is 26.2 Å². The maximum Gasteiger partial charge on any atom is 0.522 e. The second-order valence-corrected chi connectivity index (χ2v) is 4.74. The van der Waals surface area contributed by atoms with Gasteiger partial charge in [0.15, 0.2) is 0 Å². The summed E-state index contributed by atoms with van der Waals surface area (Å²) >= 11 is 0. The first-order valence-corrected chi connectivity index (χ1v) is 6.62. The Morgan fingerprint density at radius 1 is 1.39 bits per heavy atom. The average Bonchev–Trinajstić information content (AvgIpc) is 2.28. The average molecular weight is 268 g/mol. The van der Waals surface area contributed by atoms with Crippen molar-refractivity contribution in [3.8, 4) is 0 Å².